The lowest BCUT2D eigenvalue weighted by Crippen LogP contribution is -2.43. The van der Waals surface area contributed by atoms with Gasteiger partial charge in [-0.1, -0.05) is 0 Å². The number of benzene rings is 3. The van der Waals surface area contributed by atoms with Crippen molar-refractivity contribution in [1.82, 2.24) is 10.2 Å². The first kappa shape index (κ1) is 28.9. The van der Waals surface area contributed by atoms with Gasteiger partial charge in [-0.15, -0.1) is 0 Å². The molecule has 0 saturated heterocycles. The van der Waals surface area contributed by atoms with E-state index in [1.54, 1.807) is 30.3 Å². The second-order valence-corrected chi connectivity index (χ2v) is 12.1. The molecule has 0 bridgehead atoms. The second kappa shape index (κ2) is 11.7. The Bertz CT molecular complexity index is 1670. The molecule has 1 amide bonds. The average Bonchev–Trinajstić information content (AvgIpc) is 3.74. The Morgan fingerprint density at radius 2 is 1.78 bits per heavy atom. The Morgan fingerprint density at radius 1 is 1.15 bits per heavy atom. The van der Waals surface area contributed by atoms with E-state index < -0.39 is 16.1 Å². The number of aliphatic hydroxyl groups is 1. The van der Waals surface area contributed by atoms with Gasteiger partial charge in [-0.25, -0.2) is 17.6 Å². The zero-order valence-corrected chi connectivity index (χ0v) is 23.9. The Labute approximate surface area is 242 Å². The normalized spacial score (nSPS) is 14.2. The summed E-state index contributed by atoms with van der Waals surface area (Å²) in [5.74, 6) is 0.688. The van der Waals surface area contributed by atoms with Gasteiger partial charge in [-0.05, 0) is 90.7 Å². The van der Waals surface area contributed by atoms with Crippen molar-refractivity contribution >= 4 is 44.4 Å². The third-order valence-electron chi connectivity index (χ3n) is 6.90. The van der Waals surface area contributed by atoms with Gasteiger partial charge >= 0.3 is 0 Å². The van der Waals surface area contributed by atoms with Crippen molar-refractivity contribution < 1.29 is 31.9 Å². The SMILES string of the molecule is CNC(=O)c1c(-c2ccc(Oc3ccc(F)cc3)cc2)oc2cc(N(CC(CO)NCl)S(C)(=O)=O)c(C3CC3)cc12. The van der Waals surface area contributed by atoms with E-state index in [0.29, 0.717) is 45.0 Å². The molecule has 1 unspecified atom stereocenters. The zero-order chi connectivity index (χ0) is 29.3. The van der Waals surface area contributed by atoms with Crippen LogP contribution >= 0.6 is 11.8 Å². The monoisotopic (exact) mass is 601 g/mol. The van der Waals surface area contributed by atoms with Crippen LogP contribution in [0.25, 0.3) is 22.3 Å². The van der Waals surface area contributed by atoms with Gasteiger partial charge < -0.3 is 19.6 Å². The highest BCUT2D eigenvalue weighted by Crippen LogP contribution is 2.48. The molecule has 1 aromatic heterocycles. The van der Waals surface area contributed by atoms with Gasteiger partial charge in [-0.2, -0.15) is 0 Å². The average molecular weight is 602 g/mol. The molecule has 0 spiro atoms. The number of hydrogen-bond acceptors (Lipinski definition) is 7. The lowest BCUT2D eigenvalue weighted by Gasteiger charge is -2.28. The predicted octanol–water partition coefficient (Wildman–Crippen LogP) is 5.14. The number of nitrogens with one attached hydrogen (secondary N) is 2. The van der Waals surface area contributed by atoms with Crippen molar-refractivity contribution in [3.63, 3.8) is 0 Å². The van der Waals surface area contributed by atoms with Gasteiger partial charge in [0.1, 0.15) is 28.7 Å². The minimum atomic E-state index is -3.77. The predicted molar refractivity (Wildman–Crippen MR) is 156 cm³/mol. The summed E-state index contributed by atoms with van der Waals surface area (Å²) < 4.78 is 52.3. The molecule has 9 nitrogen and oxygen atoms in total. The molecule has 0 aliphatic heterocycles. The molecule has 3 N–H and O–H groups in total. The number of nitrogens with zero attached hydrogens (tertiary/aromatic N) is 1. The van der Waals surface area contributed by atoms with Crippen LogP contribution in [0.2, 0.25) is 0 Å². The van der Waals surface area contributed by atoms with Crippen LogP contribution in [-0.4, -0.2) is 51.9 Å². The largest absolute Gasteiger partial charge is 0.457 e. The van der Waals surface area contributed by atoms with Crippen molar-refractivity contribution in [2.45, 2.75) is 24.8 Å². The van der Waals surface area contributed by atoms with Crippen LogP contribution in [0.1, 0.15) is 34.7 Å². The molecule has 1 aliphatic rings. The van der Waals surface area contributed by atoms with Crippen molar-refractivity contribution in [2.24, 2.45) is 0 Å². The van der Waals surface area contributed by atoms with Gasteiger partial charge in [0.25, 0.3) is 5.91 Å². The first-order valence-corrected chi connectivity index (χ1v) is 15.2. The molecule has 0 radical (unpaired) electrons. The number of furan rings is 1. The lowest BCUT2D eigenvalue weighted by atomic mass is 10.00. The summed E-state index contributed by atoms with van der Waals surface area (Å²) in [6.45, 7) is -0.474. The first-order chi connectivity index (χ1) is 19.6. The van der Waals surface area contributed by atoms with Gasteiger partial charge in [0.2, 0.25) is 10.0 Å². The molecule has 1 aliphatic carbocycles. The number of carbonyl (C=O) groups is 1. The molecular formula is C29H29ClFN3O6S. The minimum Gasteiger partial charge on any atom is -0.457 e. The molecule has 1 saturated carbocycles. The summed E-state index contributed by atoms with van der Waals surface area (Å²) in [5.41, 5.74) is 2.45. The van der Waals surface area contributed by atoms with Crippen molar-refractivity contribution in [2.75, 3.05) is 30.8 Å². The van der Waals surface area contributed by atoms with Gasteiger partial charge in [0.15, 0.2) is 0 Å². The van der Waals surface area contributed by atoms with Crippen LogP contribution in [0.4, 0.5) is 10.1 Å². The van der Waals surface area contributed by atoms with Crippen molar-refractivity contribution in [3.05, 3.63) is 77.6 Å². The molecule has 1 heterocycles. The lowest BCUT2D eigenvalue weighted by molar-refractivity contribution is 0.0964. The fourth-order valence-electron chi connectivity index (χ4n) is 4.69. The van der Waals surface area contributed by atoms with Crippen LogP contribution in [0, 0.1) is 5.82 Å². The highest BCUT2D eigenvalue weighted by molar-refractivity contribution is 7.92. The Morgan fingerprint density at radius 3 is 2.32 bits per heavy atom. The minimum absolute atomic E-state index is 0.102. The molecule has 3 aromatic carbocycles. The van der Waals surface area contributed by atoms with Crippen LogP contribution < -0.4 is 19.2 Å². The van der Waals surface area contributed by atoms with Gasteiger partial charge in [-0.3, -0.25) is 9.10 Å². The van der Waals surface area contributed by atoms with E-state index >= 15 is 0 Å². The van der Waals surface area contributed by atoms with E-state index in [2.05, 4.69) is 10.2 Å². The molecule has 5 rings (SSSR count). The first-order valence-electron chi connectivity index (χ1n) is 12.9. The zero-order valence-electron chi connectivity index (χ0n) is 22.4. The molecular weight excluding hydrogens is 573 g/mol. The number of halogens is 2. The van der Waals surface area contributed by atoms with Crippen LogP contribution in [0.3, 0.4) is 0 Å². The maximum atomic E-state index is 13.2. The molecule has 12 heteroatoms. The van der Waals surface area contributed by atoms with Gasteiger partial charge in [0.05, 0.1) is 36.7 Å². The summed E-state index contributed by atoms with van der Waals surface area (Å²) in [6.07, 6.45) is 2.85. The number of carbonyl (C=O) groups excluding carboxylic acids is 1. The van der Waals surface area contributed by atoms with E-state index in [9.17, 15) is 22.7 Å². The Hall–Kier alpha value is -3.64. The fourth-order valence-corrected chi connectivity index (χ4v) is 5.80. The number of ether oxygens (including phenoxy) is 1. The van der Waals surface area contributed by atoms with E-state index in [0.717, 1.165) is 24.7 Å². The molecule has 216 valence electrons. The number of sulfonamides is 1. The fraction of sp³-hybridized carbons (Fsp3) is 0.276. The van der Waals surface area contributed by atoms with Crippen LogP contribution in [0.15, 0.2) is 65.1 Å². The summed E-state index contributed by atoms with van der Waals surface area (Å²) in [7, 11) is -2.24. The number of hydrogen-bond donors (Lipinski definition) is 3. The Kier molecular flexibility index (Phi) is 8.23. The third kappa shape index (κ3) is 6.18. The highest BCUT2D eigenvalue weighted by Gasteiger charge is 2.34. The maximum absolute atomic E-state index is 13.2. The Balaban J connectivity index is 1.60. The topological polar surface area (TPSA) is 121 Å². The standard InChI is InChI=1S/C29H29ClFN3O6S/c1-32-29(36)27-24-13-23(17-3-4-17)25(34(41(2,37)38)15-20(16-35)33-30)14-26(24)40-28(27)18-5-9-21(10-6-18)39-22-11-7-19(31)8-12-22/h5-14,17,20,33,35H,3-4,15-16H2,1-2H3,(H,32,36). The van der Waals surface area contributed by atoms with Crippen molar-refractivity contribution in [3.8, 4) is 22.8 Å². The number of fused-ring (bicyclic) bond motifs is 1. The molecule has 4 aromatic rings. The van der Waals surface area contributed by atoms with Gasteiger partial charge in [0, 0.05) is 24.1 Å². The quantitative estimate of drug-likeness (QED) is 0.204. The van der Waals surface area contributed by atoms with E-state index in [4.69, 9.17) is 20.9 Å². The summed E-state index contributed by atoms with van der Waals surface area (Å²) >= 11 is 5.75. The molecule has 1 fully saturated rings. The molecule has 1 atom stereocenters. The summed E-state index contributed by atoms with van der Waals surface area (Å²) in [5, 5.41) is 12.9. The summed E-state index contributed by atoms with van der Waals surface area (Å²) in [6, 6.07) is 15.3. The number of anilines is 1. The van der Waals surface area contributed by atoms with E-state index in [1.165, 1.54) is 35.6 Å². The molecule has 41 heavy (non-hydrogen) atoms. The number of rotatable bonds is 11. The van der Waals surface area contributed by atoms with Crippen LogP contribution in [-0.2, 0) is 10.0 Å². The van der Waals surface area contributed by atoms with E-state index in [1.807, 2.05) is 6.07 Å². The van der Waals surface area contributed by atoms with E-state index in [-0.39, 0.29) is 30.8 Å². The number of aliphatic hydroxyl groups excluding tert-OH is 1. The number of amides is 1. The third-order valence-corrected chi connectivity index (χ3v) is 8.36. The highest BCUT2D eigenvalue weighted by atomic mass is 35.5. The summed E-state index contributed by atoms with van der Waals surface area (Å²) in [4.78, 5) is 15.6. The smallest absolute Gasteiger partial charge is 0.255 e. The van der Waals surface area contributed by atoms with Crippen LogP contribution in [0.5, 0.6) is 11.5 Å². The second-order valence-electron chi connectivity index (χ2n) is 9.93. The maximum Gasteiger partial charge on any atom is 0.255 e. The van der Waals surface area contributed by atoms with Crippen molar-refractivity contribution in [1.29, 1.82) is 0 Å².